The Kier molecular flexibility index (Phi) is 4.46. The third kappa shape index (κ3) is 3.20. The molecule has 2 aromatic rings. The van der Waals surface area contributed by atoms with Crippen LogP contribution in [0, 0.1) is 0 Å². The van der Waals surface area contributed by atoms with Gasteiger partial charge in [-0.25, -0.2) is 0 Å². The van der Waals surface area contributed by atoms with E-state index in [1.54, 1.807) is 48.1 Å². The van der Waals surface area contributed by atoms with Gasteiger partial charge in [0.15, 0.2) is 0 Å². The fourth-order valence-electron chi connectivity index (χ4n) is 1.64. The van der Waals surface area contributed by atoms with E-state index < -0.39 is 11.8 Å². The molecule has 2 amide bonds. The first-order valence-corrected chi connectivity index (χ1v) is 6.83. The Bertz CT molecular complexity index is 669. The molecule has 0 saturated carbocycles. The number of halogens is 2. The fraction of sp³-hybridized carbons (Fsp3) is 0.0769. The molecule has 7 heteroatoms. The van der Waals surface area contributed by atoms with Gasteiger partial charge in [0.2, 0.25) is 0 Å². The lowest BCUT2D eigenvalue weighted by atomic mass is 10.2. The van der Waals surface area contributed by atoms with Crippen LogP contribution in [0.4, 0.5) is 0 Å². The molecule has 2 N–H and O–H groups in total. The molecule has 5 nitrogen and oxygen atoms in total. The summed E-state index contributed by atoms with van der Waals surface area (Å²) in [6.07, 6.45) is 1.74. The number of carbonyl (C=O) groups is 2. The molecule has 1 aromatic carbocycles. The first kappa shape index (κ1) is 14.6. The lowest BCUT2D eigenvalue weighted by molar-refractivity contribution is 0.0842. The molecular weight excluding hydrogens is 346 g/mol. The summed E-state index contributed by atoms with van der Waals surface area (Å²) in [5.41, 5.74) is 5.37. The van der Waals surface area contributed by atoms with Crippen LogP contribution in [-0.2, 0) is 7.05 Å². The van der Waals surface area contributed by atoms with Gasteiger partial charge in [0, 0.05) is 17.7 Å². The minimum Gasteiger partial charge on any atom is -0.345 e. The average molecular weight is 357 g/mol. The number of nitrogens with zero attached hydrogens (tertiary/aromatic N) is 1. The highest BCUT2D eigenvalue weighted by Gasteiger charge is 2.14. The Morgan fingerprint density at radius 2 is 1.85 bits per heavy atom. The highest BCUT2D eigenvalue weighted by molar-refractivity contribution is 9.10. The minimum absolute atomic E-state index is 0.294. The van der Waals surface area contributed by atoms with Gasteiger partial charge in [-0.2, -0.15) is 0 Å². The van der Waals surface area contributed by atoms with E-state index in [1.807, 2.05) is 0 Å². The normalized spacial score (nSPS) is 10.2. The molecule has 0 spiro atoms. The van der Waals surface area contributed by atoms with E-state index in [0.717, 1.165) is 4.47 Å². The average Bonchev–Trinajstić information content (AvgIpc) is 2.75. The molecule has 0 radical (unpaired) electrons. The smallest absolute Gasteiger partial charge is 0.286 e. The quantitative estimate of drug-likeness (QED) is 0.812. The van der Waals surface area contributed by atoms with Crippen LogP contribution in [-0.4, -0.2) is 16.4 Å². The van der Waals surface area contributed by atoms with Crippen LogP contribution in [0.3, 0.4) is 0 Å². The van der Waals surface area contributed by atoms with Gasteiger partial charge in [0.1, 0.15) is 5.69 Å². The monoisotopic (exact) mass is 355 g/mol. The molecule has 0 atom stereocenters. The van der Waals surface area contributed by atoms with Crippen molar-refractivity contribution in [3.05, 3.63) is 57.3 Å². The third-order valence-corrected chi connectivity index (χ3v) is 3.38. The van der Waals surface area contributed by atoms with Gasteiger partial charge in [-0.1, -0.05) is 23.7 Å². The Balaban J connectivity index is 2.02. The zero-order valence-electron chi connectivity index (χ0n) is 10.5. The maximum absolute atomic E-state index is 11.9. The number of aromatic nitrogens is 1. The summed E-state index contributed by atoms with van der Waals surface area (Å²) in [5, 5.41) is 0.320. The number of aryl methyl sites for hydroxylation is 1. The molecule has 0 aliphatic heterocycles. The van der Waals surface area contributed by atoms with Gasteiger partial charge >= 0.3 is 0 Å². The first-order valence-electron chi connectivity index (χ1n) is 5.66. The Morgan fingerprint density at radius 1 is 1.20 bits per heavy atom. The van der Waals surface area contributed by atoms with Crippen molar-refractivity contribution < 1.29 is 9.59 Å². The lowest BCUT2D eigenvalue weighted by Gasteiger charge is -2.08. The zero-order chi connectivity index (χ0) is 14.7. The van der Waals surface area contributed by atoms with Crippen LogP contribution in [0.5, 0.6) is 0 Å². The summed E-state index contributed by atoms with van der Waals surface area (Å²) in [6.45, 7) is 0. The second-order valence-electron chi connectivity index (χ2n) is 4.04. The molecule has 0 aliphatic carbocycles. The van der Waals surface area contributed by atoms with Crippen LogP contribution >= 0.6 is 27.5 Å². The number of nitrogens with one attached hydrogen (secondary N) is 2. The van der Waals surface area contributed by atoms with E-state index >= 15 is 0 Å². The van der Waals surface area contributed by atoms with Crippen LogP contribution in [0.15, 0.2) is 41.0 Å². The minimum atomic E-state index is -0.475. The van der Waals surface area contributed by atoms with E-state index in [1.165, 1.54) is 0 Å². The summed E-state index contributed by atoms with van der Waals surface area (Å²) in [7, 11) is 1.73. The maximum atomic E-state index is 11.9. The molecule has 20 heavy (non-hydrogen) atoms. The van der Waals surface area contributed by atoms with Crippen LogP contribution in [0.1, 0.15) is 20.8 Å². The van der Waals surface area contributed by atoms with E-state index in [2.05, 4.69) is 26.8 Å². The van der Waals surface area contributed by atoms with Crippen molar-refractivity contribution in [3.63, 3.8) is 0 Å². The Labute approximate surface area is 129 Å². The second-order valence-corrected chi connectivity index (χ2v) is 5.37. The van der Waals surface area contributed by atoms with Crippen molar-refractivity contribution in [1.82, 2.24) is 15.4 Å². The number of hydrazine groups is 1. The zero-order valence-corrected chi connectivity index (χ0v) is 12.8. The number of hydrogen-bond donors (Lipinski definition) is 2. The largest absolute Gasteiger partial charge is 0.345 e. The van der Waals surface area contributed by atoms with Crippen LogP contribution < -0.4 is 10.9 Å². The number of benzene rings is 1. The summed E-state index contributed by atoms with van der Waals surface area (Å²) in [5.74, 6) is -0.893. The van der Waals surface area contributed by atoms with E-state index in [4.69, 9.17) is 11.6 Å². The fourth-order valence-corrected chi connectivity index (χ4v) is 2.39. The van der Waals surface area contributed by atoms with Crippen LogP contribution in [0.25, 0.3) is 0 Å². The molecule has 1 aromatic heterocycles. The molecule has 2 rings (SSSR count). The molecule has 0 saturated heterocycles. The Hall–Kier alpha value is -1.79. The highest BCUT2D eigenvalue weighted by atomic mass is 79.9. The van der Waals surface area contributed by atoms with E-state index in [0.29, 0.717) is 16.3 Å². The Morgan fingerprint density at radius 3 is 2.45 bits per heavy atom. The summed E-state index contributed by atoms with van der Waals surface area (Å²) in [4.78, 5) is 23.8. The summed E-state index contributed by atoms with van der Waals surface area (Å²) >= 11 is 9.17. The van der Waals surface area contributed by atoms with Crippen molar-refractivity contribution >= 4 is 39.3 Å². The molecule has 104 valence electrons. The number of hydrogen-bond acceptors (Lipinski definition) is 2. The third-order valence-electron chi connectivity index (χ3n) is 2.61. The molecule has 0 unspecified atom stereocenters. The predicted octanol–water partition coefficient (Wildman–Crippen LogP) is 2.52. The molecule has 0 fully saturated rings. The van der Waals surface area contributed by atoms with Crippen molar-refractivity contribution in [1.29, 1.82) is 0 Å². The van der Waals surface area contributed by atoms with Crippen molar-refractivity contribution in [2.75, 3.05) is 0 Å². The molecular formula is C13H11BrClN3O2. The predicted molar refractivity (Wildman–Crippen MR) is 79.5 cm³/mol. The van der Waals surface area contributed by atoms with Gasteiger partial charge < -0.3 is 4.57 Å². The summed E-state index contributed by atoms with van der Waals surface area (Å²) in [6, 6.07) is 8.24. The van der Waals surface area contributed by atoms with Gasteiger partial charge in [-0.05, 0) is 34.1 Å². The molecule has 0 bridgehead atoms. The number of rotatable bonds is 2. The molecule has 1 heterocycles. The van der Waals surface area contributed by atoms with Gasteiger partial charge in [0.05, 0.1) is 10.6 Å². The maximum Gasteiger partial charge on any atom is 0.286 e. The van der Waals surface area contributed by atoms with Gasteiger partial charge in [-0.15, -0.1) is 0 Å². The van der Waals surface area contributed by atoms with Crippen molar-refractivity contribution in [3.8, 4) is 0 Å². The standard InChI is InChI=1S/C13H11BrClN3O2/c1-18-7-8(14)6-11(18)13(20)17-16-12(19)9-4-2-3-5-10(9)15/h2-7H,1H3,(H,16,19)(H,17,20). The highest BCUT2D eigenvalue weighted by Crippen LogP contribution is 2.15. The topological polar surface area (TPSA) is 63.1 Å². The summed E-state index contributed by atoms with van der Waals surface area (Å²) < 4.78 is 2.42. The number of carbonyl (C=O) groups excluding carboxylic acids is 2. The van der Waals surface area contributed by atoms with E-state index in [9.17, 15) is 9.59 Å². The van der Waals surface area contributed by atoms with Crippen molar-refractivity contribution in [2.24, 2.45) is 7.05 Å². The van der Waals surface area contributed by atoms with E-state index in [-0.39, 0.29) is 0 Å². The first-order chi connectivity index (χ1) is 9.49. The van der Waals surface area contributed by atoms with Crippen LogP contribution in [0.2, 0.25) is 5.02 Å². The van der Waals surface area contributed by atoms with Gasteiger partial charge in [0.25, 0.3) is 11.8 Å². The SMILES string of the molecule is Cn1cc(Br)cc1C(=O)NNC(=O)c1ccccc1Cl. The van der Waals surface area contributed by atoms with Gasteiger partial charge in [-0.3, -0.25) is 20.4 Å². The lowest BCUT2D eigenvalue weighted by Crippen LogP contribution is -2.42. The number of amides is 2. The second kappa shape index (κ2) is 6.11. The van der Waals surface area contributed by atoms with Crippen molar-refractivity contribution in [2.45, 2.75) is 0 Å². The molecule has 0 aliphatic rings.